The first-order valence-electron chi connectivity index (χ1n) is 5.49. The van der Waals surface area contributed by atoms with Gasteiger partial charge in [-0.3, -0.25) is 10.1 Å². The van der Waals surface area contributed by atoms with Crippen LogP contribution in [0, 0.1) is 10.1 Å². The quantitative estimate of drug-likeness (QED) is 0.608. The van der Waals surface area contributed by atoms with E-state index in [-0.39, 0.29) is 29.2 Å². The van der Waals surface area contributed by atoms with Gasteiger partial charge in [-0.05, 0) is 19.4 Å². The van der Waals surface area contributed by atoms with Crippen LogP contribution in [0.25, 0.3) is 0 Å². The van der Waals surface area contributed by atoms with Crippen molar-refractivity contribution in [3.63, 3.8) is 0 Å². The minimum atomic E-state index is -3.04. The second kappa shape index (κ2) is 6.83. The molecule has 0 saturated carbocycles. The molecule has 2 N–H and O–H groups in total. The summed E-state index contributed by atoms with van der Waals surface area (Å²) in [5.74, 6) is -0.280. The van der Waals surface area contributed by atoms with E-state index in [0.717, 1.165) is 6.07 Å². The first-order chi connectivity index (χ1) is 8.99. The number of alkyl halides is 2. The highest BCUT2D eigenvalue weighted by molar-refractivity contribution is 5.54. The number of rotatable bonds is 7. The van der Waals surface area contributed by atoms with Gasteiger partial charge in [0.05, 0.1) is 18.1 Å². The number of nitro benzene ring substituents is 1. The third kappa shape index (κ3) is 4.02. The Hall–Kier alpha value is -1.96. The average Bonchev–Trinajstić information content (AvgIpc) is 2.36. The number of benzene rings is 1. The number of nitrogens with zero attached hydrogens (tertiary/aromatic N) is 1. The van der Waals surface area contributed by atoms with Crippen molar-refractivity contribution in [3.05, 3.63) is 27.8 Å². The summed E-state index contributed by atoms with van der Waals surface area (Å²) >= 11 is 0. The molecule has 0 radical (unpaired) electrons. The summed E-state index contributed by atoms with van der Waals surface area (Å²) in [5.41, 5.74) is 5.37. The van der Waals surface area contributed by atoms with Gasteiger partial charge in [-0.15, -0.1) is 0 Å². The highest BCUT2D eigenvalue weighted by Gasteiger charge is 2.20. The summed E-state index contributed by atoms with van der Waals surface area (Å²) in [4.78, 5) is 10.1. The van der Waals surface area contributed by atoms with E-state index in [9.17, 15) is 18.9 Å². The van der Waals surface area contributed by atoms with Crippen LogP contribution in [0.3, 0.4) is 0 Å². The van der Waals surface area contributed by atoms with Crippen LogP contribution in [-0.2, 0) is 6.42 Å². The molecule has 0 heterocycles. The number of methoxy groups -OCH3 is 1. The fourth-order valence-corrected chi connectivity index (χ4v) is 1.60. The maximum atomic E-state index is 12.4. The standard InChI is InChI=1S/C11H14F2N2O4/c1-18-9-6-8(15(16)17)5-7(3-2-4-14)10(9)19-11(12)13/h5-6,11H,2-4,14H2,1H3. The summed E-state index contributed by atoms with van der Waals surface area (Å²) in [6.45, 7) is -2.70. The molecule has 0 spiro atoms. The third-order valence-electron chi connectivity index (χ3n) is 2.40. The average molecular weight is 276 g/mol. The third-order valence-corrected chi connectivity index (χ3v) is 2.40. The van der Waals surface area contributed by atoms with Gasteiger partial charge in [0.2, 0.25) is 0 Å². The molecule has 0 atom stereocenters. The van der Waals surface area contributed by atoms with Crippen molar-refractivity contribution in [2.75, 3.05) is 13.7 Å². The summed E-state index contributed by atoms with van der Waals surface area (Å²) in [6, 6.07) is 2.24. The Labute approximate surface area is 108 Å². The maximum absolute atomic E-state index is 12.4. The topological polar surface area (TPSA) is 87.6 Å². The van der Waals surface area contributed by atoms with Gasteiger partial charge in [-0.1, -0.05) is 0 Å². The summed E-state index contributed by atoms with van der Waals surface area (Å²) in [7, 11) is 1.23. The smallest absolute Gasteiger partial charge is 0.387 e. The van der Waals surface area contributed by atoms with Gasteiger partial charge in [0.15, 0.2) is 11.5 Å². The summed E-state index contributed by atoms with van der Waals surface area (Å²) < 4.78 is 34.0. The van der Waals surface area contributed by atoms with Gasteiger partial charge in [-0.25, -0.2) is 0 Å². The zero-order chi connectivity index (χ0) is 14.4. The molecule has 8 heteroatoms. The molecule has 1 aromatic carbocycles. The van der Waals surface area contributed by atoms with Crippen molar-refractivity contribution in [1.82, 2.24) is 0 Å². The number of hydrogen-bond acceptors (Lipinski definition) is 5. The molecule has 0 fully saturated rings. The van der Waals surface area contributed by atoms with Gasteiger partial charge in [0.25, 0.3) is 5.69 Å². The van der Waals surface area contributed by atoms with Gasteiger partial charge in [0, 0.05) is 11.6 Å². The molecule has 0 bridgehead atoms. The van der Waals surface area contributed by atoms with Crippen molar-refractivity contribution in [1.29, 1.82) is 0 Å². The predicted octanol–water partition coefficient (Wildman–Crippen LogP) is 2.10. The number of ether oxygens (including phenoxy) is 2. The molecule has 0 aromatic heterocycles. The van der Waals surface area contributed by atoms with Gasteiger partial charge < -0.3 is 15.2 Å². The van der Waals surface area contributed by atoms with E-state index in [0.29, 0.717) is 13.0 Å². The van der Waals surface area contributed by atoms with E-state index < -0.39 is 11.5 Å². The molecule has 0 amide bonds. The highest BCUT2D eigenvalue weighted by Crippen LogP contribution is 2.37. The number of halogens is 2. The second-order valence-corrected chi connectivity index (χ2v) is 3.66. The van der Waals surface area contributed by atoms with E-state index in [1.54, 1.807) is 0 Å². The zero-order valence-electron chi connectivity index (χ0n) is 10.3. The van der Waals surface area contributed by atoms with Crippen LogP contribution in [0.1, 0.15) is 12.0 Å². The summed E-state index contributed by atoms with van der Waals surface area (Å²) in [5, 5.41) is 10.8. The Morgan fingerprint density at radius 1 is 1.47 bits per heavy atom. The van der Waals surface area contributed by atoms with Crippen molar-refractivity contribution in [3.8, 4) is 11.5 Å². The van der Waals surface area contributed by atoms with Crippen LogP contribution in [0.5, 0.6) is 11.5 Å². The molecule has 1 rings (SSSR count). The largest absolute Gasteiger partial charge is 0.493 e. The van der Waals surface area contributed by atoms with Crippen LogP contribution >= 0.6 is 0 Å². The molecule has 0 unspecified atom stereocenters. The molecule has 6 nitrogen and oxygen atoms in total. The Morgan fingerprint density at radius 3 is 2.63 bits per heavy atom. The highest BCUT2D eigenvalue weighted by atomic mass is 19.3. The number of aryl methyl sites for hydroxylation is 1. The van der Waals surface area contributed by atoms with E-state index in [4.69, 9.17) is 10.5 Å². The van der Waals surface area contributed by atoms with E-state index >= 15 is 0 Å². The fraction of sp³-hybridized carbons (Fsp3) is 0.455. The molecule has 1 aromatic rings. The number of non-ortho nitro benzene ring substituents is 1. The molecule has 0 saturated heterocycles. The Bertz CT molecular complexity index is 455. The predicted molar refractivity (Wildman–Crippen MR) is 63.7 cm³/mol. The molecule has 106 valence electrons. The SMILES string of the molecule is COc1cc([N+](=O)[O-])cc(CCCN)c1OC(F)F. The van der Waals surface area contributed by atoms with Crippen LogP contribution < -0.4 is 15.2 Å². The first kappa shape index (κ1) is 15.1. The fourth-order valence-electron chi connectivity index (χ4n) is 1.60. The number of hydrogen-bond donors (Lipinski definition) is 1. The lowest BCUT2D eigenvalue weighted by atomic mass is 10.1. The molecule has 0 aliphatic heterocycles. The van der Waals surface area contributed by atoms with Gasteiger partial charge >= 0.3 is 6.61 Å². The van der Waals surface area contributed by atoms with Crippen LogP contribution in [0.15, 0.2) is 12.1 Å². The molecule has 0 aliphatic carbocycles. The second-order valence-electron chi connectivity index (χ2n) is 3.66. The van der Waals surface area contributed by atoms with Crippen LogP contribution in [0.4, 0.5) is 14.5 Å². The Kier molecular flexibility index (Phi) is 5.43. The van der Waals surface area contributed by atoms with Crippen molar-refractivity contribution in [2.24, 2.45) is 5.73 Å². The molecular formula is C11H14F2N2O4. The number of nitrogens with two attached hydrogens (primary N) is 1. The lowest BCUT2D eigenvalue weighted by molar-refractivity contribution is -0.385. The normalized spacial score (nSPS) is 10.6. The molecule has 0 aliphatic rings. The van der Waals surface area contributed by atoms with Crippen molar-refractivity contribution < 1.29 is 23.2 Å². The van der Waals surface area contributed by atoms with E-state index in [1.807, 2.05) is 0 Å². The maximum Gasteiger partial charge on any atom is 0.387 e. The van der Waals surface area contributed by atoms with E-state index in [2.05, 4.69) is 4.74 Å². The summed E-state index contributed by atoms with van der Waals surface area (Å²) in [6.07, 6.45) is 0.778. The number of nitro groups is 1. The van der Waals surface area contributed by atoms with Crippen LogP contribution in [-0.4, -0.2) is 25.2 Å². The Balaban J connectivity index is 3.25. The zero-order valence-corrected chi connectivity index (χ0v) is 10.3. The van der Waals surface area contributed by atoms with E-state index in [1.165, 1.54) is 13.2 Å². The lowest BCUT2D eigenvalue weighted by Crippen LogP contribution is -2.08. The lowest BCUT2D eigenvalue weighted by Gasteiger charge is -2.14. The minimum Gasteiger partial charge on any atom is -0.493 e. The monoisotopic (exact) mass is 276 g/mol. The van der Waals surface area contributed by atoms with Gasteiger partial charge in [-0.2, -0.15) is 8.78 Å². The van der Waals surface area contributed by atoms with Crippen molar-refractivity contribution >= 4 is 5.69 Å². The van der Waals surface area contributed by atoms with Crippen LogP contribution in [0.2, 0.25) is 0 Å². The molecular weight excluding hydrogens is 262 g/mol. The minimum absolute atomic E-state index is 0.0958. The Morgan fingerprint density at radius 2 is 2.16 bits per heavy atom. The molecule has 19 heavy (non-hydrogen) atoms. The first-order valence-corrected chi connectivity index (χ1v) is 5.49. The van der Waals surface area contributed by atoms with Gasteiger partial charge in [0.1, 0.15) is 0 Å². The van der Waals surface area contributed by atoms with Crippen molar-refractivity contribution in [2.45, 2.75) is 19.5 Å².